The van der Waals surface area contributed by atoms with Gasteiger partial charge >= 0.3 is 0 Å². The van der Waals surface area contributed by atoms with Crippen LogP contribution in [0.5, 0.6) is 11.5 Å². The predicted octanol–water partition coefficient (Wildman–Crippen LogP) is 1.85. The molecule has 0 saturated heterocycles. The second-order valence-corrected chi connectivity index (χ2v) is 6.00. The molecule has 96 valence electrons. The van der Waals surface area contributed by atoms with Crippen molar-refractivity contribution in [1.82, 2.24) is 0 Å². The summed E-state index contributed by atoms with van der Waals surface area (Å²) in [7, 11) is -0.366. The molecule has 0 atom stereocenters. The molecule has 0 aliphatic heterocycles. The Morgan fingerprint density at radius 3 is 2.29 bits per heavy atom. The summed E-state index contributed by atoms with van der Waals surface area (Å²) in [5, 5.41) is -0.505. The van der Waals surface area contributed by atoms with Gasteiger partial charge in [0.2, 0.25) is 10.0 Å². The molecule has 0 aliphatic carbocycles. The van der Waals surface area contributed by atoms with E-state index >= 15 is 0 Å². The topological polar surface area (TPSA) is 64.6 Å². The lowest BCUT2D eigenvalue weighted by atomic mass is 10.3. The Hall–Kier alpha value is -1.43. The number of rotatable bonds is 5. The fourth-order valence-electron chi connectivity index (χ4n) is 1.15. The fraction of sp³-hybridized carbons (Fsp3) is 0.455. The highest BCUT2D eigenvalue weighted by molar-refractivity contribution is 7.93. The molecule has 5 nitrogen and oxygen atoms in total. The van der Waals surface area contributed by atoms with Crippen LogP contribution in [0.3, 0.4) is 0 Å². The summed E-state index contributed by atoms with van der Waals surface area (Å²) in [5.41, 5.74) is 0.405. The van der Waals surface area contributed by atoms with Crippen molar-refractivity contribution in [3.05, 3.63) is 18.2 Å². The van der Waals surface area contributed by atoms with Gasteiger partial charge in [0.15, 0.2) is 0 Å². The van der Waals surface area contributed by atoms with Crippen LogP contribution in [0.2, 0.25) is 0 Å². The monoisotopic (exact) mass is 259 g/mol. The van der Waals surface area contributed by atoms with E-state index in [-0.39, 0.29) is 0 Å². The van der Waals surface area contributed by atoms with Crippen molar-refractivity contribution in [3.63, 3.8) is 0 Å². The van der Waals surface area contributed by atoms with Gasteiger partial charge < -0.3 is 9.47 Å². The SMILES string of the molecule is COc1ccc(NS(=O)(=O)C(C)C)c(OC)c1. The maximum absolute atomic E-state index is 11.7. The van der Waals surface area contributed by atoms with Crippen LogP contribution in [0.15, 0.2) is 18.2 Å². The smallest absolute Gasteiger partial charge is 0.235 e. The molecular formula is C11H17NO4S. The summed E-state index contributed by atoms with van der Waals surface area (Å²) in [6, 6.07) is 4.90. The summed E-state index contributed by atoms with van der Waals surface area (Å²) in [6.45, 7) is 3.22. The Morgan fingerprint density at radius 2 is 1.82 bits per heavy atom. The number of hydrogen-bond acceptors (Lipinski definition) is 4. The van der Waals surface area contributed by atoms with E-state index in [1.807, 2.05) is 0 Å². The van der Waals surface area contributed by atoms with Crippen molar-refractivity contribution in [2.24, 2.45) is 0 Å². The van der Waals surface area contributed by atoms with Crippen LogP contribution in [0.25, 0.3) is 0 Å². The molecule has 0 unspecified atom stereocenters. The Kier molecular flexibility index (Phi) is 4.22. The molecule has 1 aromatic rings. The van der Waals surface area contributed by atoms with Gasteiger partial charge in [-0.05, 0) is 26.0 Å². The molecule has 1 N–H and O–H groups in total. The maximum Gasteiger partial charge on any atom is 0.235 e. The average molecular weight is 259 g/mol. The van der Waals surface area contributed by atoms with E-state index in [1.165, 1.54) is 14.2 Å². The van der Waals surface area contributed by atoms with Crippen molar-refractivity contribution in [3.8, 4) is 11.5 Å². The maximum atomic E-state index is 11.7. The number of anilines is 1. The largest absolute Gasteiger partial charge is 0.497 e. The van der Waals surface area contributed by atoms with Gasteiger partial charge in [0.25, 0.3) is 0 Å². The van der Waals surface area contributed by atoms with E-state index in [1.54, 1.807) is 32.0 Å². The van der Waals surface area contributed by atoms with Crippen LogP contribution in [0.4, 0.5) is 5.69 Å². The third-order valence-corrected chi connectivity index (χ3v) is 4.03. The van der Waals surface area contributed by atoms with Gasteiger partial charge in [-0.1, -0.05) is 0 Å². The lowest BCUT2D eigenvalue weighted by molar-refractivity contribution is 0.395. The van der Waals surface area contributed by atoms with Gasteiger partial charge in [-0.25, -0.2) is 8.42 Å². The van der Waals surface area contributed by atoms with Gasteiger partial charge in [-0.2, -0.15) is 0 Å². The van der Waals surface area contributed by atoms with Crippen molar-refractivity contribution >= 4 is 15.7 Å². The lowest BCUT2D eigenvalue weighted by Crippen LogP contribution is -2.22. The number of hydrogen-bond donors (Lipinski definition) is 1. The standard InChI is InChI=1S/C11H17NO4S/c1-8(2)17(13,14)12-10-6-5-9(15-3)7-11(10)16-4/h5-8,12H,1-4H3. The minimum Gasteiger partial charge on any atom is -0.497 e. The zero-order valence-corrected chi connectivity index (χ0v) is 11.2. The number of nitrogens with one attached hydrogen (secondary N) is 1. The molecular weight excluding hydrogens is 242 g/mol. The second kappa shape index (κ2) is 5.27. The first-order valence-electron chi connectivity index (χ1n) is 5.14. The fourth-order valence-corrected chi connectivity index (χ4v) is 1.86. The number of ether oxygens (including phenoxy) is 2. The van der Waals surface area contributed by atoms with Crippen molar-refractivity contribution in [2.45, 2.75) is 19.1 Å². The average Bonchev–Trinajstić information content (AvgIpc) is 2.29. The molecule has 0 radical (unpaired) electrons. The second-order valence-electron chi connectivity index (χ2n) is 3.76. The molecule has 0 saturated carbocycles. The van der Waals surface area contributed by atoms with Crippen molar-refractivity contribution < 1.29 is 17.9 Å². The summed E-state index contributed by atoms with van der Waals surface area (Å²) < 4.78 is 36.1. The molecule has 17 heavy (non-hydrogen) atoms. The van der Waals surface area contributed by atoms with Crippen LogP contribution in [0, 0.1) is 0 Å². The zero-order chi connectivity index (χ0) is 13.1. The minimum absolute atomic E-state index is 0.405. The van der Waals surface area contributed by atoms with Crippen LogP contribution in [0.1, 0.15) is 13.8 Å². The van der Waals surface area contributed by atoms with E-state index < -0.39 is 15.3 Å². The molecule has 0 heterocycles. The Morgan fingerprint density at radius 1 is 1.18 bits per heavy atom. The summed E-state index contributed by atoms with van der Waals surface area (Å²) in [5.74, 6) is 1.03. The van der Waals surface area contributed by atoms with E-state index in [4.69, 9.17) is 9.47 Å². The van der Waals surface area contributed by atoms with E-state index in [0.29, 0.717) is 17.2 Å². The predicted molar refractivity (Wildman–Crippen MR) is 67.2 cm³/mol. The molecule has 1 aromatic carbocycles. The Labute approximate surface area is 102 Å². The number of methoxy groups -OCH3 is 2. The van der Waals surface area contributed by atoms with Crippen molar-refractivity contribution in [2.75, 3.05) is 18.9 Å². The first-order valence-corrected chi connectivity index (χ1v) is 6.69. The third-order valence-electron chi connectivity index (χ3n) is 2.28. The van der Waals surface area contributed by atoms with Gasteiger partial charge in [0.1, 0.15) is 11.5 Å². The molecule has 0 fully saturated rings. The molecule has 1 rings (SSSR count). The zero-order valence-electron chi connectivity index (χ0n) is 10.4. The van der Waals surface area contributed by atoms with Crippen LogP contribution < -0.4 is 14.2 Å². The quantitative estimate of drug-likeness (QED) is 0.876. The van der Waals surface area contributed by atoms with Crippen LogP contribution in [-0.4, -0.2) is 27.9 Å². The minimum atomic E-state index is -3.37. The highest BCUT2D eigenvalue weighted by atomic mass is 32.2. The van der Waals surface area contributed by atoms with Gasteiger partial charge in [-0.15, -0.1) is 0 Å². The van der Waals surface area contributed by atoms with Gasteiger partial charge in [0, 0.05) is 6.07 Å². The molecule has 0 aliphatic rings. The van der Waals surface area contributed by atoms with E-state index in [0.717, 1.165) is 0 Å². The first kappa shape index (κ1) is 13.6. The summed E-state index contributed by atoms with van der Waals surface area (Å²) in [4.78, 5) is 0. The van der Waals surface area contributed by atoms with Gasteiger partial charge in [0.05, 0.1) is 25.2 Å². The van der Waals surface area contributed by atoms with Gasteiger partial charge in [-0.3, -0.25) is 4.72 Å². The van der Waals surface area contributed by atoms with Crippen molar-refractivity contribution in [1.29, 1.82) is 0 Å². The number of sulfonamides is 1. The Balaban J connectivity index is 3.07. The summed E-state index contributed by atoms with van der Waals surface area (Å²) >= 11 is 0. The van der Waals surface area contributed by atoms with E-state index in [9.17, 15) is 8.42 Å². The summed E-state index contributed by atoms with van der Waals surface area (Å²) in [6.07, 6.45) is 0. The lowest BCUT2D eigenvalue weighted by Gasteiger charge is -2.14. The van der Waals surface area contributed by atoms with Crippen LogP contribution >= 0.6 is 0 Å². The molecule has 6 heteroatoms. The highest BCUT2D eigenvalue weighted by Gasteiger charge is 2.17. The highest BCUT2D eigenvalue weighted by Crippen LogP contribution is 2.30. The molecule has 0 aromatic heterocycles. The number of benzene rings is 1. The normalized spacial score (nSPS) is 11.4. The first-order chi connectivity index (χ1) is 7.90. The molecule has 0 amide bonds. The molecule has 0 spiro atoms. The van der Waals surface area contributed by atoms with Crippen LogP contribution in [-0.2, 0) is 10.0 Å². The van der Waals surface area contributed by atoms with E-state index in [2.05, 4.69) is 4.72 Å². The molecule has 0 bridgehead atoms. The third kappa shape index (κ3) is 3.26. The Bertz CT molecular complexity index is 482.